The van der Waals surface area contributed by atoms with Gasteiger partial charge in [0, 0.05) is 43.0 Å². The van der Waals surface area contributed by atoms with Gasteiger partial charge in [-0.2, -0.15) is 8.78 Å². The van der Waals surface area contributed by atoms with Crippen LogP contribution in [0.15, 0.2) is 52.9 Å². The highest BCUT2D eigenvalue weighted by Crippen LogP contribution is 2.26. The van der Waals surface area contributed by atoms with Crippen LogP contribution >= 0.6 is 0 Å². The molecule has 1 aliphatic heterocycles. The van der Waals surface area contributed by atoms with Crippen LogP contribution in [0.2, 0.25) is 0 Å². The average Bonchev–Trinajstić information content (AvgIpc) is 3.36. The lowest BCUT2D eigenvalue weighted by Gasteiger charge is -2.28. The summed E-state index contributed by atoms with van der Waals surface area (Å²) in [7, 11) is -2.99. The highest BCUT2D eigenvalue weighted by molar-refractivity contribution is 7.91. The lowest BCUT2D eigenvalue weighted by molar-refractivity contribution is 0.116. The highest BCUT2D eigenvalue weighted by atomic mass is 32.2. The number of hydrogen-bond donors (Lipinski definition) is 1. The molecule has 2 aromatic carbocycles. The number of hydrogen-bond acceptors (Lipinski definition) is 7. The molecule has 1 N–H and O–H groups in total. The number of urea groups is 1. The summed E-state index contributed by atoms with van der Waals surface area (Å²) in [6, 6.07) is 12.2. The number of halogens is 3. The van der Waals surface area contributed by atoms with Gasteiger partial charge in [-0.3, -0.25) is 9.80 Å². The molecule has 0 bridgehead atoms. The zero-order chi connectivity index (χ0) is 25.7. The fourth-order valence-electron chi connectivity index (χ4n) is 3.70. The van der Waals surface area contributed by atoms with Crippen LogP contribution in [0.25, 0.3) is 11.5 Å². The number of benzene rings is 2. The Hall–Kier alpha value is -3.45. The number of aromatic nitrogens is 2. The molecule has 0 unspecified atom stereocenters. The van der Waals surface area contributed by atoms with Crippen molar-refractivity contribution in [1.82, 2.24) is 20.4 Å². The Balaban J connectivity index is 1.44. The number of amides is 2. The monoisotopic (exact) mass is 523 g/mol. The molecule has 0 radical (unpaired) electrons. The topological polar surface area (TPSA) is 109 Å². The summed E-state index contributed by atoms with van der Waals surface area (Å²) >= 11 is 0. The van der Waals surface area contributed by atoms with Gasteiger partial charge >= 0.3 is 12.5 Å². The van der Waals surface area contributed by atoms with Crippen LogP contribution in [-0.2, 0) is 16.4 Å². The summed E-state index contributed by atoms with van der Waals surface area (Å²) < 4.78 is 68.4. The van der Waals surface area contributed by atoms with Gasteiger partial charge in [-0.05, 0) is 24.3 Å². The van der Waals surface area contributed by atoms with Crippen LogP contribution in [-0.4, -0.2) is 67.2 Å². The fourth-order valence-corrected chi connectivity index (χ4v) is 4.97. The molecule has 1 saturated heterocycles. The molecule has 0 saturated carbocycles. The van der Waals surface area contributed by atoms with Crippen molar-refractivity contribution in [3.05, 3.63) is 65.8 Å². The summed E-state index contributed by atoms with van der Waals surface area (Å²) in [5.41, 5.74) is 0.864. The summed E-state index contributed by atoms with van der Waals surface area (Å²) in [4.78, 5) is 16.4. The van der Waals surface area contributed by atoms with Crippen molar-refractivity contribution in [2.45, 2.75) is 13.0 Å². The van der Waals surface area contributed by atoms with Crippen molar-refractivity contribution in [3.63, 3.8) is 0 Å². The maximum atomic E-state index is 14.9. The van der Waals surface area contributed by atoms with E-state index in [4.69, 9.17) is 4.42 Å². The Kier molecular flexibility index (Phi) is 7.89. The first kappa shape index (κ1) is 25.6. The molecule has 0 spiro atoms. The zero-order valence-electron chi connectivity index (χ0n) is 19.1. The normalized spacial score (nSPS) is 15.7. The third-order valence-electron chi connectivity index (χ3n) is 5.71. The number of para-hydroxylation sites is 1. The number of rotatable bonds is 8. The Morgan fingerprint density at radius 2 is 1.83 bits per heavy atom. The van der Waals surface area contributed by atoms with E-state index in [1.165, 1.54) is 17.0 Å². The van der Waals surface area contributed by atoms with Crippen LogP contribution in [0, 0.1) is 5.82 Å². The van der Waals surface area contributed by atoms with Crippen molar-refractivity contribution in [2.24, 2.45) is 0 Å². The average molecular weight is 524 g/mol. The summed E-state index contributed by atoms with van der Waals surface area (Å²) in [5.74, 6) is -1.57. The Labute approximate surface area is 205 Å². The van der Waals surface area contributed by atoms with Crippen LogP contribution in [0.5, 0.6) is 0 Å². The molecule has 1 aromatic heterocycles. The zero-order valence-corrected chi connectivity index (χ0v) is 19.9. The quantitative estimate of drug-likeness (QED) is 0.483. The smallest absolute Gasteiger partial charge is 0.322 e. The Morgan fingerprint density at radius 3 is 2.47 bits per heavy atom. The van der Waals surface area contributed by atoms with E-state index in [1.807, 2.05) is 4.90 Å². The maximum absolute atomic E-state index is 14.9. The molecule has 9 nitrogen and oxygen atoms in total. The molecule has 0 aliphatic carbocycles. The molecular formula is C23H24F3N5O4S. The van der Waals surface area contributed by atoms with E-state index < -0.39 is 34.0 Å². The minimum atomic E-state index is -2.99. The first-order valence-electron chi connectivity index (χ1n) is 11.2. The van der Waals surface area contributed by atoms with Crippen molar-refractivity contribution < 1.29 is 30.8 Å². The van der Waals surface area contributed by atoms with Gasteiger partial charge < -0.3 is 9.73 Å². The van der Waals surface area contributed by atoms with Crippen molar-refractivity contribution in [1.29, 1.82) is 0 Å². The molecular weight excluding hydrogens is 499 g/mol. The fraction of sp³-hybridized carbons (Fsp3) is 0.348. The van der Waals surface area contributed by atoms with Gasteiger partial charge in [0.05, 0.1) is 18.1 Å². The first-order valence-corrected chi connectivity index (χ1v) is 13.0. The number of sulfone groups is 1. The van der Waals surface area contributed by atoms with E-state index in [0.717, 1.165) is 6.07 Å². The van der Waals surface area contributed by atoms with E-state index in [0.29, 0.717) is 25.3 Å². The summed E-state index contributed by atoms with van der Waals surface area (Å²) in [6.45, 7) is 1.50. The number of alkyl halides is 2. The number of carbonyl (C=O) groups excluding carboxylic acids is 1. The van der Waals surface area contributed by atoms with Crippen molar-refractivity contribution >= 4 is 21.6 Å². The van der Waals surface area contributed by atoms with E-state index >= 15 is 0 Å². The number of carbonyl (C=O) groups is 1. The van der Waals surface area contributed by atoms with Crippen LogP contribution in [0.1, 0.15) is 17.9 Å². The molecule has 192 valence electrons. The van der Waals surface area contributed by atoms with E-state index in [9.17, 15) is 26.4 Å². The predicted molar refractivity (Wildman–Crippen MR) is 126 cm³/mol. The largest absolute Gasteiger partial charge is 0.415 e. The first-order chi connectivity index (χ1) is 17.2. The van der Waals surface area contributed by atoms with Gasteiger partial charge in [0.15, 0.2) is 9.84 Å². The highest BCUT2D eigenvalue weighted by Gasteiger charge is 2.23. The molecule has 0 atom stereocenters. The lowest BCUT2D eigenvalue weighted by atomic mass is 10.1. The SMILES string of the molecule is O=C(NCCN1CCS(=O)(=O)CC1)N(Cc1ccc(-c2nnc(C(F)F)o2)cc1F)c1ccccc1. The predicted octanol–water partition coefficient (Wildman–Crippen LogP) is 3.26. The second-order valence-corrected chi connectivity index (χ2v) is 10.5. The van der Waals surface area contributed by atoms with Crippen LogP contribution < -0.4 is 10.2 Å². The van der Waals surface area contributed by atoms with E-state index in [2.05, 4.69) is 15.5 Å². The third-order valence-corrected chi connectivity index (χ3v) is 7.32. The molecule has 1 aliphatic rings. The molecule has 2 amide bonds. The maximum Gasteiger partial charge on any atom is 0.322 e. The molecule has 4 rings (SSSR count). The minimum Gasteiger partial charge on any atom is -0.415 e. The van der Waals surface area contributed by atoms with Crippen LogP contribution in [0.3, 0.4) is 0 Å². The lowest BCUT2D eigenvalue weighted by Crippen LogP contribution is -2.46. The van der Waals surface area contributed by atoms with Gasteiger partial charge in [-0.1, -0.05) is 24.3 Å². The number of nitrogens with zero attached hydrogens (tertiary/aromatic N) is 4. The van der Waals surface area contributed by atoms with Crippen molar-refractivity contribution in [3.8, 4) is 11.5 Å². The van der Waals surface area contributed by atoms with Gasteiger partial charge in [0.25, 0.3) is 5.89 Å². The molecule has 2 heterocycles. The van der Waals surface area contributed by atoms with Gasteiger partial charge in [0.2, 0.25) is 5.89 Å². The Bertz CT molecular complexity index is 1290. The Morgan fingerprint density at radius 1 is 1.11 bits per heavy atom. The third kappa shape index (κ3) is 6.40. The molecule has 1 fully saturated rings. The van der Waals surface area contributed by atoms with Gasteiger partial charge in [-0.15, -0.1) is 10.2 Å². The number of anilines is 1. The molecule has 13 heteroatoms. The second kappa shape index (κ2) is 11.1. The van der Waals surface area contributed by atoms with Gasteiger partial charge in [0.1, 0.15) is 5.82 Å². The molecule has 36 heavy (non-hydrogen) atoms. The van der Waals surface area contributed by atoms with Crippen LogP contribution in [0.4, 0.5) is 23.7 Å². The minimum absolute atomic E-state index is 0.0966. The standard InChI is InChI=1S/C23H24F3N5O4S/c24-19-14-16(21-28-29-22(35-21)20(25)26)6-7-17(19)15-31(18-4-2-1-3-5-18)23(32)27-8-9-30-10-12-36(33,34)13-11-30/h1-7,14,20H,8-13,15H2,(H,27,32). The van der Waals surface area contributed by atoms with Crippen molar-refractivity contribution in [2.75, 3.05) is 42.6 Å². The summed E-state index contributed by atoms with van der Waals surface area (Å²) in [6.07, 6.45) is -2.93. The number of nitrogens with one attached hydrogen (secondary N) is 1. The van der Waals surface area contributed by atoms with E-state index in [-0.39, 0.29) is 41.6 Å². The van der Waals surface area contributed by atoms with E-state index in [1.54, 1.807) is 30.3 Å². The van der Waals surface area contributed by atoms with Gasteiger partial charge in [-0.25, -0.2) is 17.6 Å². The second-order valence-electron chi connectivity index (χ2n) is 8.20. The molecule has 3 aromatic rings. The summed E-state index contributed by atoms with van der Waals surface area (Å²) in [5, 5.41) is 9.57.